The van der Waals surface area contributed by atoms with Crippen molar-refractivity contribution in [3.8, 4) is 0 Å². The molecule has 0 saturated heterocycles. The fourth-order valence-corrected chi connectivity index (χ4v) is 2.64. The molecule has 3 rings (SSSR count). The highest BCUT2D eigenvalue weighted by Crippen LogP contribution is 2.15. The lowest BCUT2D eigenvalue weighted by Gasteiger charge is -2.14. The predicted molar refractivity (Wildman–Crippen MR) is 79.6 cm³/mol. The van der Waals surface area contributed by atoms with Gasteiger partial charge in [0.25, 0.3) is 0 Å². The van der Waals surface area contributed by atoms with Crippen molar-refractivity contribution in [3.05, 3.63) is 54.0 Å². The van der Waals surface area contributed by atoms with Gasteiger partial charge in [-0.2, -0.15) is 5.10 Å². The van der Waals surface area contributed by atoms with E-state index in [1.54, 1.807) is 0 Å². The maximum absolute atomic E-state index is 10.3. The summed E-state index contributed by atoms with van der Waals surface area (Å²) < 4.78 is 3.96. The number of aryl methyl sites for hydroxylation is 2. The van der Waals surface area contributed by atoms with Crippen LogP contribution in [-0.4, -0.2) is 25.6 Å². The monoisotopic (exact) mass is 269 g/mol. The first-order chi connectivity index (χ1) is 9.63. The van der Waals surface area contributed by atoms with Crippen LogP contribution in [0.3, 0.4) is 0 Å². The zero-order valence-electron chi connectivity index (χ0n) is 11.8. The molecule has 4 heteroatoms. The SMILES string of the molecule is Cc1cc(C)n(C[C@H](O)Cn2ccc3ccccc32)n1. The highest BCUT2D eigenvalue weighted by atomic mass is 16.3. The van der Waals surface area contributed by atoms with Gasteiger partial charge in [0.1, 0.15) is 0 Å². The molecule has 0 aliphatic carbocycles. The zero-order chi connectivity index (χ0) is 14.1. The largest absolute Gasteiger partial charge is 0.389 e. The molecule has 1 atom stereocenters. The lowest BCUT2D eigenvalue weighted by atomic mass is 10.2. The molecule has 3 aromatic rings. The first-order valence-electron chi connectivity index (χ1n) is 6.86. The molecule has 0 unspecified atom stereocenters. The Kier molecular flexibility index (Phi) is 3.32. The normalized spacial score (nSPS) is 12.9. The first-order valence-corrected chi connectivity index (χ1v) is 6.86. The predicted octanol–water partition coefficient (Wildman–Crippen LogP) is 2.52. The van der Waals surface area contributed by atoms with Crippen LogP contribution in [0.2, 0.25) is 0 Å². The average Bonchev–Trinajstić information content (AvgIpc) is 2.94. The molecule has 2 aromatic heterocycles. The van der Waals surface area contributed by atoms with Crippen molar-refractivity contribution >= 4 is 10.9 Å². The molecular weight excluding hydrogens is 250 g/mol. The van der Waals surface area contributed by atoms with Gasteiger partial charge in [-0.1, -0.05) is 18.2 Å². The lowest BCUT2D eigenvalue weighted by Crippen LogP contribution is -2.23. The molecule has 1 aromatic carbocycles. The Morgan fingerprint density at radius 3 is 2.70 bits per heavy atom. The Labute approximate surface area is 118 Å². The van der Waals surface area contributed by atoms with Crippen LogP contribution >= 0.6 is 0 Å². The van der Waals surface area contributed by atoms with Gasteiger partial charge in [-0.3, -0.25) is 4.68 Å². The smallest absolute Gasteiger partial charge is 0.0914 e. The molecule has 0 bridgehead atoms. The summed E-state index contributed by atoms with van der Waals surface area (Å²) in [7, 11) is 0. The number of aliphatic hydroxyl groups excluding tert-OH is 1. The maximum atomic E-state index is 10.3. The van der Waals surface area contributed by atoms with E-state index in [2.05, 4.69) is 27.9 Å². The van der Waals surface area contributed by atoms with Crippen LogP contribution in [0.4, 0.5) is 0 Å². The number of aliphatic hydroxyl groups is 1. The summed E-state index contributed by atoms with van der Waals surface area (Å²) in [5.41, 5.74) is 3.22. The highest BCUT2D eigenvalue weighted by Gasteiger charge is 2.10. The summed E-state index contributed by atoms with van der Waals surface area (Å²) in [4.78, 5) is 0. The molecule has 2 heterocycles. The van der Waals surface area contributed by atoms with E-state index in [4.69, 9.17) is 0 Å². The summed E-state index contributed by atoms with van der Waals surface area (Å²) in [6.45, 7) is 5.07. The van der Waals surface area contributed by atoms with Gasteiger partial charge in [0.15, 0.2) is 0 Å². The Morgan fingerprint density at radius 2 is 1.95 bits per heavy atom. The van der Waals surface area contributed by atoms with Crippen molar-refractivity contribution in [2.45, 2.75) is 33.0 Å². The van der Waals surface area contributed by atoms with Gasteiger partial charge >= 0.3 is 0 Å². The van der Waals surface area contributed by atoms with E-state index >= 15 is 0 Å². The fourth-order valence-electron chi connectivity index (χ4n) is 2.64. The number of hydrogen-bond acceptors (Lipinski definition) is 2. The third-order valence-corrected chi connectivity index (χ3v) is 3.57. The van der Waals surface area contributed by atoms with E-state index < -0.39 is 6.10 Å². The minimum atomic E-state index is -0.455. The number of rotatable bonds is 4. The maximum Gasteiger partial charge on any atom is 0.0914 e. The third-order valence-electron chi connectivity index (χ3n) is 3.57. The zero-order valence-corrected chi connectivity index (χ0v) is 11.8. The van der Waals surface area contributed by atoms with E-state index in [0.29, 0.717) is 13.1 Å². The molecule has 0 aliphatic rings. The van der Waals surface area contributed by atoms with Gasteiger partial charge in [0, 0.05) is 17.4 Å². The average molecular weight is 269 g/mol. The van der Waals surface area contributed by atoms with Crippen molar-refractivity contribution in [2.75, 3.05) is 0 Å². The van der Waals surface area contributed by atoms with Gasteiger partial charge in [0.05, 0.1) is 24.9 Å². The van der Waals surface area contributed by atoms with Crippen LogP contribution in [-0.2, 0) is 13.1 Å². The van der Waals surface area contributed by atoms with Crippen molar-refractivity contribution in [3.63, 3.8) is 0 Å². The molecular formula is C16H19N3O. The first kappa shape index (κ1) is 12.9. The molecule has 0 aliphatic heterocycles. The van der Waals surface area contributed by atoms with Crippen LogP contribution < -0.4 is 0 Å². The van der Waals surface area contributed by atoms with E-state index in [1.165, 1.54) is 5.39 Å². The van der Waals surface area contributed by atoms with Crippen LogP contribution in [0.5, 0.6) is 0 Å². The van der Waals surface area contributed by atoms with Gasteiger partial charge < -0.3 is 9.67 Å². The number of benzene rings is 1. The lowest BCUT2D eigenvalue weighted by molar-refractivity contribution is 0.130. The molecule has 0 spiro atoms. The highest BCUT2D eigenvalue weighted by molar-refractivity contribution is 5.79. The molecule has 0 fully saturated rings. The summed E-state index contributed by atoms with van der Waals surface area (Å²) >= 11 is 0. The summed E-state index contributed by atoms with van der Waals surface area (Å²) in [6, 6.07) is 12.3. The second-order valence-electron chi connectivity index (χ2n) is 5.29. The van der Waals surface area contributed by atoms with Gasteiger partial charge in [-0.05, 0) is 37.4 Å². The standard InChI is InChI=1S/C16H19N3O/c1-12-9-13(2)19(17-12)11-15(20)10-18-8-7-14-5-3-4-6-16(14)18/h3-9,15,20H,10-11H2,1-2H3/t15-/m1/s1. The summed E-state index contributed by atoms with van der Waals surface area (Å²) in [5, 5.41) is 15.9. The molecule has 0 saturated carbocycles. The van der Waals surface area contributed by atoms with Gasteiger partial charge in [0.2, 0.25) is 0 Å². The number of aromatic nitrogens is 3. The second kappa shape index (κ2) is 5.13. The van der Waals surface area contributed by atoms with Crippen molar-refractivity contribution in [1.29, 1.82) is 0 Å². The van der Waals surface area contributed by atoms with E-state index in [0.717, 1.165) is 16.9 Å². The number of fused-ring (bicyclic) bond motifs is 1. The number of nitrogens with zero attached hydrogens (tertiary/aromatic N) is 3. The van der Waals surface area contributed by atoms with E-state index in [9.17, 15) is 5.11 Å². The number of hydrogen-bond donors (Lipinski definition) is 1. The Bertz CT molecular complexity index is 726. The third kappa shape index (κ3) is 2.47. The van der Waals surface area contributed by atoms with Crippen molar-refractivity contribution in [1.82, 2.24) is 14.3 Å². The molecule has 4 nitrogen and oxygen atoms in total. The number of para-hydroxylation sites is 1. The van der Waals surface area contributed by atoms with E-state index in [1.807, 2.05) is 42.9 Å². The Hall–Kier alpha value is -2.07. The van der Waals surface area contributed by atoms with Crippen LogP contribution in [0.15, 0.2) is 42.6 Å². The summed E-state index contributed by atoms with van der Waals surface area (Å²) in [5.74, 6) is 0. The summed E-state index contributed by atoms with van der Waals surface area (Å²) in [6.07, 6.45) is 1.57. The topological polar surface area (TPSA) is 43.0 Å². The molecule has 0 radical (unpaired) electrons. The Morgan fingerprint density at radius 1 is 1.15 bits per heavy atom. The van der Waals surface area contributed by atoms with Crippen molar-refractivity contribution in [2.24, 2.45) is 0 Å². The Balaban J connectivity index is 1.76. The van der Waals surface area contributed by atoms with E-state index in [-0.39, 0.29) is 0 Å². The molecule has 104 valence electrons. The second-order valence-corrected chi connectivity index (χ2v) is 5.29. The quantitative estimate of drug-likeness (QED) is 0.791. The van der Waals surface area contributed by atoms with Crippen LogP contribution in [0, 0.1) is 13.8 Å². The van der Waals surface area contributed by atoms with Crippen LogP contribution in [0.1, 0.15) is 11.4 Å². The minimum absolute atomic E-state index is 0.455. The minimum Gasteiger partial charge on any atom is -0.389 e. The van der Waals surface area contributed by atoms with Gasteiger partial charge in [-0.25, -0.2) is 0 Å². The van der Waals surface area contributed by atoms with Crippen molar-refractivity contribution < 1.29 is 5.11 Å². The molecule has 20 heavy (non-hydrogen) atoms. The van der Waals surface area contributed by atoms with Crippen LogP contribution in [0.25, 0.3) is 10.9 Å². The molecule has 0 amide bonds. The fraction of sp³-hybridized carbons (Fsp3) is 0.312. The molecule has 1 N–H and O–H groups in total. The van der Waals surface area contributed by atoms with Gasteiger partial charge in [-0.15, -0.1) is 0 Å².